The van der Waals surface area contributed by atoms with Crippen molar-refractivity contribution in [1.29, 1.82) is 5.26 Å². The Morgan fingerprint density at radius 3 is 2.86 bits per heavy atom. The van der Waals surface area contributed by atoms with Crippen LogP contribution in [0.15, 0.2) is 42.6 Å². The van der Waals surface area contributed by atoms with Gasteiger partial charge in [0, 0.05) is 37.3 Å². The molecule has 4 rings (SSSR count). The third-order valence-electron chi connectivity index (χ3n) is 4.87. The molecular formula is C21H21N3O4. The maximum absolute atomic E-state index is 12.9. The Hall–Kier alpha value is -3.08. The molecule has 0 radical (unpaired) electrons. The van der Waals surface area contributed by atoms with Crippen LogP contribution in [0.5, 0.6) is 5.75 Å². The minimum atomic E-state index is -0.336. The van der Waals surface area contributed by atoms with E-state index in [2.05, 4.69) is 4.90 Å². The van der Waals surface area contributed by atoms with Gasteiger partial charge < -0.3 is 18.6 Å². The Morgan fingerprint density at radius 1 is 1.18 bits per heavy atom. The van der Waals surface area contributed by atoms with Crippen LogP contribution in [-0.2, 0) is 9.47 Å². The number of rotatable bonds is 6. The number of aromatic nitrogens is 1. The number of nitrogens with zero attached hydrogens (tertiary/aromatic N) is 3. The Bertz CT molecular complexity index is 1030. The van der Waals surface area contributed by atoms with Crippen LogP contribution in [0.4, 0.5) is 0 Å². The highest BCUT2D eigenvalue weighted by Gasteiger charge is 2.20. The highest BCUT2D eigenvalue weighted by atomic mass is 16.5. The molecule has 7 nitrogen and oxygen atoms in total. The fraction of sp³-hybridized carbons (Fsp3) is 0.333. The number of hydrogen-bond donors (Lipinski definition) is 0. The molecule has 0 unspecified atom stereocenters. The van der Waals surface area contributed by atoms with Crippen LogP contribution in [0, 0.1) is 11.3 Å². The molecule has 28 heavy (non-hydrogen) atoms. The van der Waals surface area contributed by atoms with E-state index < -0.39 is 0 Å². The Morgan fingerprint density at radius 2 is 2.04 bits per heavy atom. The van der Waals surface area contributed by atoms with Crippen LogP contribution < -0.4 is 4.74 Å². The number of carbonyl (C=O) groups excluding carboxylic acids is 1. The van der Waals surface area contributed by atoms with E-state index in [0.29, 0.717) is 24.5 Å². The lowest BCUT2D eigenvalue weighted by Crippen LogP contribution is -2.38. The predicted octanol–water partition coefficient (Wildman–Crippen LogP) is 2.48. The average Bonchev–Trinajstić information content (AvgIpc) is 3.07. The van der Waals surface area contributed by atoms with E-state index in [4.69, 9.17) is 19.5 Å². The van der Waals surface area contributed by atoms with Crippen molar-refractivity contribution in [2.45, 2.75) is 0 Å². The zero-order valence-corrected chi connectivity index (χ0v) is 15.5. The van der Waals surface area contributed by atoms with Gasteiger partial charge in [-0.25, -0.2) is 4.79 Å². The molecule has 0 atom stereocenters. The van der Waals surface area contributed by atoms with Crippen molar-refractivity contribution in [3.63, 3.8) is 0 Å². The third-order valence-corrected chi connectivity index (χ3v) is 4.87. The van der Waals surface area contributed by atoms with Crippen molar-refractivity contribution >= 4 is 22.4 Å². The predicted molar refractivity (Wildman–Crippen MR) is 104 cm³/mol. The number of fused-ring (bicyclic) bond motifs is 3. The number of carbonyl (C=O) groups is 1. The number of esters is 1. The van der Waals surface area contributed by atoms with Gasteiger partial charge in [-0.05, 0) is 24.3 Å². The summed E-state index contributed by atoms with van der Waals surface area (Å²) in [6, 6.07) is 13.1. The molecule has 2 aromatic heterocycles. The lowest BCUT2D eigenvalue weighted by atomic mass is 10.1. The molecule has 1 aromatic carbocycles. The number of ether oxygens (including phenoxy) is 3. The molecule has 0 bridgehead atoms. The molecule has 1 aliphatic heterocycles. The molecule has 1 saturated heterocycles. The Balaban J connectivity index is 1.59. The highest BCUT2D eigenvalue weighted by Crippen LogP contribution is 2.30. The summed E-state index contributed by atoms with van der Waals surface area (Å²) >= 11 is 0. The lowest BCUT2D eigenvalue weighted by Gasteiger charge is -2.26. The van der Waals surface area contributed by atoms with Crippen LogP contribution >= 0.6 is 0 Å². The van der Waals surface area contributed by atoms with E-state index in [9.17, 15) is 4.79 Å². The second kappa shape index (κ2) is 8.30. The van der Waals surface area contributed by atoms with Crippen molar-refractivity contribution in [2.24, 2.45) is 0 Å². The number of morpholine rings is 1. The largest absolute Gasteiger partial charge is 0.479 e. The molecule has 0 saturated carbocycles. The Kier molecular flexibility index (Phi) is 5.42. The topological polar surface area (TPSA) is 76.2 Å². The van der Waals surface area contributed by atoms with Gasteiger partial charge in [0.15, 0.2) is 6.61 Å². The fourth-order valence-corrected chi connectivity index (χ4v) is 3.50. The summed E-state index contributed by atoms with van der Waals surface area (Å²) in [5, 5.41) is 9.51. The first-order valence-electron chi connectivity index (χ1n) is 9.28. The van der Waals surface area contributed by atoms with Crippen molar-refractivity contribution in [1.82, 2.24) is 9.30 Å². The summed E-state index contributed by atoms with van der Waals surface area (Å²) in [4.78, 5) is 15.1. The second-order valence-corrected chi connectivity index (χ2v) is 6.55. The van der Waals surface area contributed by atoms with E-state index in [0.717, 1.165) is 42.7 Å². The maximum atomic E-state index is 12.9. The van der Waals surface area contributed by atoms with Crippen molar-refractivity contribution in [3.8, 4) is 11.8 Å². The zero-order valence-electron chi connectivity index (χ0n) is 15.5. The molecule has 144 valence electrons. The first kappa shape index (κ1) is 18.3. The van der Waals surface area contributed by atoms with E-state index >= 15 is 0 Å². The second-order valence-electron chi connectivity index (χ2n) is 6.55. The molecular weight excluding hydrogens is 358 g/mol. The molecule has 0 amide bonds. The van der Waals surface area contributed by atoms with E-state index in [1.54, 1.807) is 6.07 Å². The molecule has 1 aliphatic rings. The van der Waals surface area contributed by atoms with Crippen LogP contribution in [0.2, 0.25) is 0 Å². The Labute approximate surface area is 162 Å². The standard InChI is InChI=1S/C21H21N3O4/c22-6-11-27-16-4-5-17-19(15-16)24-7-2-1-3-18(24)20(17)21(25)28-14-10-23-8-12-26-13-9-23/h1-5,7,15H,8-14H2. The smallest absolute Gasteiger partial charge is 0.341 e. The summed E-state index contributed by atoms with van der Waals surface area (Å²) in [6.45, 7) is 4.18. The molecule has 3 aromatic rings. The van der Waals surface area contributed by atoms with Gasteiger partial charge in [-0.1, -0.05) is 6.07 Å². The van der Waals surface area contributed by atoms with Gasteiger partial charge in [0.1, 0.15) is 18.4 Å². The molecule has 3 heterocycles. The fourth-order valence-electron chi connectivity index (χ4n) is 3.50. The van der Waals surface area contributed by atoms with Crippen LogP contribution in [-0.4, -0.2) is 61.3 Å². The SMILES string of the molecule is N#CCOc1ccc2c(C(=O)OCCN3CCOCC3)c3ccccn3c2c1. The van der Waals surface area contributed by atoms with E-state index in [-0.39, 0.29) is 12.6 Å². The van der Waals surface area contributed by atoms with E-state index in [1.807, 2.05) is 47.0 Å². The number of benzene rings is 1. The van der Waals surface area contributed by atoms with Gasteiger partial charge in [-0.3, -0.25) is 4.90 Å². The van der Waals surface area contributed by atoms with Gasteiger partial charge in [-0.15, -0.1) is 0 Å². The first-order valence-corrected chi connectivity index (χ1v) is 9.28. The third kappa shape index (κ3) is 3.65. The molecule has 0 N–H and O–H groups in total. The number of hydrogen-bond acceptors (Lipinski definition) is 6. The molecule has 1 fully saturated rings. The van der Waals surface area contributed by atoms with Gasteiger partial charge in [0.25, 0.3) is 0 Å². The van der Waals surface area contributed by atoms with Gasteiger partial charge >= 0.3 is 5.97 Å². The van der Waals surface area contributed by atoms with Crippen LogP contribution in [0.1, 0.15) is 10.4 Å². The molecule has 0 aliphatic carbocycles. The van der Waals surface area contributed by atoms with Crippen LogP contribution in [0.3, 0.4) is 0 Å². The van der Waals surface area contributed by atoms with Crippen molar-refractivity contribution < 1.29 is 19.0 Å². The monoisotopic (exact) mass is 379 g/mol. The number of pyridine rings is 1. The van der Waals surface area contributed by atoms with Crippen molar-refractivity contribution in [3.05, 3.63) is 48.2 Å². The first-order chi connectivity index (χ1) is 13.8. The van der Waals surface area contributed by atoms with Gasteiger partial charge in [-0.2, -0.15) is 5.26 Å². The minimum Gasteiger partial charge on any atom is -0.479 e. The highest BCUT2D eigenvalue weighted by molar-refractivity contribution is 6.11. The summed E-state index contributed by atoms with van der Waals surface area (Å²) in [5.74, 6) is 0.252. The normalized spacial score (nSPS) is 14.8. The average molecular weight is 379 g/mol. The lowest BCUT2D eigenvalue weighted by molar-refractivity contribution is 0.0197. The van der Waals surface area contributed by atoms with Crippen molar-refractivity contribution in [2.75, 3.05) is 46.1 Å². The minimum absolute atomic E-state index is 0.0226. The molecule has 0 spiro atoms. The van der Waals surface area contributed by atoms with Crippen LogP contribution in [0.25, 0.3) is 16.4 Å². The summed E-state index contributed by atoms with van der Waals surface area (Å²) < 4.78 is 18.3. The van der Waals surface area contributed by atoms with Gasteiger partial charge in [0.05, 0.1) is 29.8 Å². The maximum Gasteiger partial charge on any atom is 0.341 e. The quantitative estimate of drug-likeness (QED) is 0.613. The summed E-state index contributed by atoms with van der Waals surface area (Å²) in [5.41, 5.74) is 2.17. The summed E-state index contributed by atoms with van der Waals surface area (Å²) in [7, 11) is 0. The number of nitriles is 1. The molecule has 7 heteroatoms. The van der Waals surface area contributed by atoms with E-state index in [1.165, 1.54) is 0 Å². The zero-order chi connectivity index (χ0) is 19.3. The summed E-state index contributed by atoms with van der Waals surface area (Å²) in [6.07, 6.45) is 1.90. The van der Waals surface area contributed by atoms with Gasteiger partial charge in [0.2, 0.25) is 0 Å².